The van der Waals surface area contributed by atoms with Gasteiger partial charge < -0.3 is 24.1 Å². The van der Waals surface area contributed by atoms with Crippen molar-refractivity contribution in [1.29, 1.82) is 0 Å². The summed E-state index contributed by atoms with van der Waals surface area (Å²) in [4.78, 5) is 27.2. The van der Waals surface area contributed by atoms with Gasteiger partial charge in [-0.15, -0.1) is 0 Å². The number of Topliss-reactive ketones (excluding diaryl/α,β-unsaturated/α-hetero) is 1. The van der Waals surface area contributed by atoms with Crippen LogP contribution < -0.4 is 14.4 Å². The zero-order valence-electron chi connectivity index (χ0n) is 17.0. The number of halogens is 1. The number of methoxy groups -OCH3 is 2. The number of ether oxygens (including phenoxy) is 2. The van der Waals surface area contributed by atoms with Gasteiger partial charge in [-0.3, -0.25) is 14.5 Å². The molecule has 1 atom stereocenters. The number of carbonyl (C=O) groups excluding carboxylic acids is 2. The molecule has 2 aromatic carbocycles. The van der Waals surface area contributed by atoms with Crippen molar-refractivity contribution in [2.75, 3.05) is 19.1 Å². The number of ketones is 1. The number of rotatable bonds is 5. The summed E-state index contributed by atoms with van der Waals surface area (Å²) in [5.74, 6) is -1.99. The fourth-order valence-corrected chi connectivity index (χ4v) is 3.89. The van der Waals surface area contributed by atoms with Gasteiger partial charge in [0.15, 0.2) is 0 Å². The monoisotopic (exact) mass is 455 g/mol. The number of hydrogen-bond acceptors (Lipinski definition) is 7. The van der Waals surface area contributed by atoms with E-state index < -0.39 is 23.5 Å². The number of amides is 1. The first kappa shape index (κ1) is 21.3. The van der Waals surface area contributed by atoms with Crippen molar-refractivity contribution >= 4 is 34.7 Å². The molecule has 1 saturated heterocycles. The summed E-state index contributed by atoms with van der Waals surface area (Å²) in [5.41, 5.74) is -0.0489. The predicted octanol–water partition coefficient (Wildman–Crippen LogP) is 4.28. The molecule has 32 heavy (non-hydrogen) atoms. The van der Waals surface area contributed by atoms with Crippen LogP contribution in [-0.2, 0) is 9.59 Å². The average molecular weight is 456 g/mol. The molecule has 0 radical (unpaired) electrons. The molecule has 8 nitrogen and oxygen atoms in total. The Labute approximate surface area is 187 Å². The number of phenolic OH excluding ortho intramolecular Hbond substituents is 1. The summed E-state index contributed by atoms with van der Waals surface area (Å²) in [6.45, 7) is 0. The van der Waals surface area contributed by atoms with Crippen molar-refractivity contribution in [1.82, 2.24) is 0 Å². The molecule has 1 fully saturated rings. The van der Waals surface area contributed by atoms with E-state index in [4.69, 9.17) is 25.5 Å². The number of para-hydroxylation sites is 2. The number of anilines is 1. The largest absolute Gasteiger partial charge is 0.507 e. The van der Waals surface area contributed by atoms with Crippen molar-refractivity contribution in [3.05, 3.63) is 76.7 Å². The molecule has 2 heterocycles. The topological polar surface area (TPSA) is 109 Å². The molecule has 9 heteroatoms. The van der Waals surface area contributed by atoms with Crippen LogP contribution in [0.5, 0.6) is 17.2 Å². The smallest absolute Gasteiger partial charge is 0.300 e. The van der Waals surface area contributed by atoms with Gasteiger partial charge in [0, 0.05) is 6.07 Å². The van der Waals surface area contributed by atoms with Gasteiger partial charge in [-0.2, -0.15) is 0 Å². The van der Waals surface area contributed by atoms with Gasteiger partial charge in [-0.1, -0.05) is 23.7 Å². The highest BCUT2D eigenvalue weighted by molar-refractivity contribution is 6.52. The minimum absolute atomic E-state index is 0.0932. The van der Waals surface area contributed by atoms with Gasteiger partial charge in [0.1, 0.15) is 34.8 Å². The summed E-state index contributed by atoms with van der Waals surface area (Å²) in [5, 5.41) is 21.8. The zero-order valence-corrected chi connectivity index (χ0v) is 17.8. The number of hydrogen-bond donors (Lipinski definition) is 2. The molecule has 164 valence electrons. The van der Waals surface area contributed by atoms with E-state index in [0.29, 0.717) is 0 Å². The molecule has 0 aliphatic carbocycles. The highest BCUT2D eigenvalue weighted by atomic mass is 35.5. The van der Waals surface area contributed by atoms with Gasteiger partial charge in [0.25, 0.3) is 11.7 Å². The maximum Gasteiger partial charge on any atom is 0.300 e. The molecular formula is C23H18ClNO7. The van der Waals surface area contributed by atoms with Crippen molar-refractivity contribution in [2.24, 2.45) is 0 Å². The normalized spacial score (nSPS) is 17.6. The summed E-state index contributed by atoms with van der Waals surface area (Å²) >= 11 is 6.15. The number of aliphatic hydroxyl groups excluding tert-OH is 1. The maximum absolute atomic E-state index is 13.1. The summed E-state index contributed by atoms with van der Waals surface area (Å²) in [7, 11) is 2.77. The lowest BCUT2D eigenvalue weighted by Gasteiger charge is -2.24. The van der Waals surface area contributed by atoms with E-state index in [9.17, 15) is 19.8 Å². The van der Waals surface area contributed by atoms with Crippen LogP contribution in [0.3, 0.4) is 0 Å². The third kappa shape index (κ3) is 3.34. The third-order valence-corrected chi connectivity index (χ3v) is 5.42. The number of benzene rings is 2. The quantitative estimate of drug-likeness (QED) is 0.335. The van der Waals surface area contributed by atoms with E-state index in [1.54, 1.807) is 24.3 Å². The van der Waals surface area contributed by atoms with Crippen LogP contribution in [0.25, 0.3) is 5.76 Å². The lowest BCUT2D eigenvalue weighted by atomic mass is 9.98. The van der Waals surface area contributed by atoms with Crippen LogP contribution in [0, 0.1) is 0 Å². The highest BCUT2D eigenvalue weighted by Gasteiger charge is 2.49. The zero-order chi connectivity index (χ0) is 23.0. The Kier molecular flexibility index (Phi) is 5.54. The molecule has 0 saturated carbocycles. The lowest BCUT2D eigenvalue weighted by molar-refractivity contribution is -0.132. The fourth-order valence-electron chi connectivity index (χ4n) is 3.66. The first-order valence-corrected chi connectivity index (χ1v) is 9.81. The van der Waals surface area contributed by atoms with Crippen molar-refractivity contribution in [3.8, 4) is 17.2 Å². The van der Waals surface area contributed by atoms with Crippen molar-refractivity contribution < 1.29 is 33.7 Å². The van der Waals surface area contributed by atoms with Crippen molar-refractivity contribution in [3.63, 3.8) is 0 Å². The molecule has 4 rings (SSSR count). The van der Waals surface area contributed by atoms with Gasteiger partial charge in [-0.25, -0.2) is 0 Å². The standard InChI is InChI=1S/C23H18ClNO7/c1-30-17-11-13(24)18(31-2)10-12(17)21(27)19-20(16-8-5-9-32-16)25(23(29)22(19)28)14-6-3-4-7-15(14)26/h3-11,20,26-27H,1-2H3/b21-19+. The Morgan fingerprint density at radius 3 is 2.41 bits per heavy atom. The van der Waals surface area contributed by atoms with E-state index in [-0.39, 0.29) is 44.9 Å². The predicted molar refractivity (Wildman–Crippen MR) is 116 cm³/mol. The Hall–Kier alpha value is -3.91. The number of phenols is 1. The molecular weight excluding hydrogens is 438 g/mol. The van der Waals surface area contributed by atoms with Crippen molar-refractivity contribution in [2.45, 2.75) is 6.04 Å². The number of carbonyl (C=O) groups is 2. The van der Waals surface area contributed by atoms with Crippen LogP contribution in [0.4, 0.5) is 5.69 Å². The Balaban J connectivity index is 1.99. The number of aromatic hydroxyl groups is 1. The maximum atomic E-state index is 13.1. The first-order valence-electron chi connectivity index (χ1n) is 9.43. The number of aliphatic hydroxyl groups is 1. The van der Waals surface area contributed by atoms with E-state index >= 15 is 0 Å². The molecule has 1 aromatic heterocycles. The molecule has 0 spiro atoms. The lowest BCUT2D eigenvalue weighted by Crippen LogP contribution is -2.29. The van der Waals surface area contributed by atoms with E-state index in [0.717, 1.165) is 4.90 Å². The van der Waals surface area contributed by atoms with E-state index in [2.05, 4.69) is 0 Å². The van der Waals surface area contributed by atoms with Crippen LogP contribution in [0.15, 0.2) is 64.8 Å². The van der Waals surface area contributed by atoms with Crippen LogP contribution in [0.1, 0.15) is 17.4 Å². The van der Waals surface area contributed by atoms with Crippen LogP contribution >= 0.6 is 11.6 Å². The van der Waals surface area contributed by atoms with Crippen LogP contribution in [-0.4, -0.2) is 36.1 Å². The first-order chi connectivity index (χ1) is 15.4. The Morgan fingerprint density at radius 2 is 1.78 bits per heavy atom. The highest BCUT2D eigenvalue weighted by Crippen LogP contribution is 2.46. The summed E-state index contributed by atoms with van der Waals surface area (Å²) in [6.07, 6.45) is 1.38. The second kappa shape index (κ2) is 8.32. The molecule has 0 bridgehead atoms. The molecule has 1 amide bonds. The third-order valence-electron chi connectivity index (χ3n) is 5.13. The number of nitrogens with zero attached hydrogens (tertiary/aromatic N) is 1. The summed E-state index contributed by atoms with van der Waals surface area (Å²) < 4.78 is 16.0. The second-order valence-corrected chi connectivity index (χ2v) is 7.27. The van der Waals surface area contributed by atoms with Gasteiger partial charge in [0.05, 0.1) is 42.3 Å². The summed E-state index contributed by atoms with van der Waals surface area (Å²) in [6, 6.07) is 10.9. The minimum atomic E-state index is -1.13. The SMILES string of the molecule is COc1cc(/C(O)=C2\C(=O)C(=O)N(c3ccccc3O)C2c2ccco2)c(OC)cc1Cl. The Bertz CT molecular complexity index is 1230. The van der Waals surface area contributed by atoms with E-state index in [1.165, 1.54) is 44.7 Å². The molecule has 2 N–H and O–H groups in total. The average Bonchev–Trinajstić information content (AvgIpc) is 3.40. The van der Waals surface area contributed by atoms with Gasteiger partial charge in [0.2, 0.25) is 0 Å². The molecule has 1 unspecified atom stereocenters. The fraction of sp³-hybridized carbons (Fsp3) is 0.130. The second-order valence-electron chi connectivity index (χ2n) is 6.86. The molecule has 1 aliphatic heterocycles. The molecule has 1 aliphatic rings. The van der Waals surface area contributed by atoms with Gasteiger partial charge in [-0.05, 0) is 30.3 Å². The Morgan fingerprint density at radius 1 is 1.06 bits per heavy atom. The van der Waals surface area contributed by atoms with E-state index in [1.807, 2.05) is 0 Å². The van der Waals surface area contributed by atoms with Gasteiger partial charge >= 0.3 is 0 Å². The number of furan rings is 1. The minimum Gasteiger partial charge on any atom is -0.507 e. The van der Waals surface area contributed by atoms with Crippen LogP contribution in [0.2, 0.25) is 5.02 Å². The molecule has 3 aromatic rings.